The van der Waals surface area contributed by atoms with Gasteiger partial charge >= 0.3 is 0 Å². The number of benzene rings is 2. The normalized spacial score (nSPS) is 15.1. The van der Waals surface area contributed by atoms with Crippen molar-refractivity contribution in [1.29, 1.82) is 0 Å². The summed E-state index contributed by atoms with van der Waals surface area (Å²) in [5.41, 5.74) is 5.18. The van der Waals surface area contributed by atoms with E-state index in [1.807, 2.05) is 24.3 Å². The van der Waals surface area contributed by atoms with Crippen molar-refractivity contribution in [1.82, 2.24) is 5.43 Å². The quantitative estimate of drug-likeness (QED) is 0.540. The third-order valence-corrected chi connectivity index (χ3v) is 5.00. The number of amides is 2. The fourth-order valence-corrected chi connectivity index (χ4v) is 3.28. The molecule has 2 aromatic rings. The van der Waals surface area contributed by atoms with Crippen molar-refractivity contribution in [2.45, 2.75) is 39.0 Å². The third kappa shape index (κ3) is 5.19. The molecule has 28 heavy (non-hydrogen) atoms. The van der Waals surface area contributed by atoms with Gasteiger partial charge in [-0.05, 0) is 61.7 Å². The molecule has 1 fully saturated rings. The Balaban J connectivity index is 1.57. The van der Waals surface area contributed by atoms with Crippen LogP contribution in [0.5, 0.6) is 5.75 Å². The number of hydrogen-bond acceptors (Lipinski definition) is 4. The van der Waals surface area contributed by atoms with Gasteiger partial charge in [0, 0.05) is 17.2 Å². The summed E-state index contributed by atoms with van der Waals surface area (Å²) in [6.45, 7) is 1.80. The number of carbonyl (C=O) groups excluding carboxylic acids is 2. The maximum absolute atomic E-state index is 12.3. The fourth-order valence-electron chi connectivity index (χ4n) is 3.28. The average molecular weight is 379 g/mol. The fraction of sp³-hybridized carbons (Fsp3) is 0.318. The summed E-state index contributed by atoms with van der Waals surface area (Å²) < 4.78 is 0. The molecule has 0 bridgehead atoms. The van der Waals surface area contributed by atoms with Crippen LogP contribution in [0.1, 0.15) is 54.9 Å². The Morgan fingerprint density at radius 2 is 1.54 bits per heavy atom. The number of hydrogen-bond donors (Lipinski definition) is 3. The zero-order valence-electron chi connectivity index (χ0n) is 15.9. The van der Waals surface area contributed by atoms with Gasteiger partial charge in [-0.3, -0.25) is 9.59 Å². The van der Waals surface area contributed by atoms with Gasteiger partial charge < -0.3 is 10.4 Å². The van der Waals surface area contributed by atoms with Gasteiger partial charge in [0.25, 0.3) is 5.91 Å². The molecule has 2 amide bonds. The van der Waals surface area contributed by atoms with E-state index in [0.717, 1.165) is 36.9 Å². The zero-order chi connectivity index (χ0) is 19.9. The largest absolute Gasteiger partial charge is 0.508 e. The van der Waals surface area contributed by atoms with E-state index in [4.69, 9.17) is 0 Å². The second kappa shape index (κ2) is 9.17. The summed E-state index contributed by atoms with van der Waals surface area (Å²) in [4.78, 5) is 24.4. The molecule has 146 valence electrons. The number of nitrogens with one attached hydrogen (secondary N) is 2. The number of phenols is 1. The van der Waals surface area contributed by atoms with Crippen molar-refractivity contribution in [3.05, 3.63) is 59.7 Å². The highest BCUT2D eigenvalue weighted by molar-refractivity contribution is 6.01. The molecule has 6 nitrogen and oxygen atoms in total. The first kappa shape index (κ1) is 19.6. The highest BCUT2D eigenvalue weighted by atomic mass is 16.3. The van der Waals surface area contributed by atoms with Crippen LogP contribution in [0.25, 0.3) is 0 Å². The lowest BCUT2D eigenvalue weighted by Crippen LogP contribution is -2.24. The summed E-state index contributed by atoms with van der Waals surface area (Å²) in [5.74, 6) is -0.0338. The van der Waals surface area contributed by atoms with Crippen molar-refractivity contribution in [3.63, 3.8) is 0 Å². The molecule has 1 saturated carbocycles. The summed E-state index contributed by atoms with van der Waals surface area (Å²) in [7, 11) is 0. The van der Waals surface area contributed by atoms with E-state index >= 15 is 0 Å². The Kier molecular flexibility index (Phi) is 6.42. The lowest BCUT2D eigenvalue weighted by molar-refractivity contribution is -0.120. The van der Waals surface area contributed by atoms with E-state index < -0.39 is 0 Å². The number of aromatic hydroxyl groups is 1. The van der Waals surface area contributed by atoms with Crippen LogP contribution in [0.4, 0.5) is 5.69 Å². The Morgan fingerprint density at radius 1 is 0.929 bits per heavy atom. The van der Waals surface area contributed by atoms with Crippen LogP contribution in [-0.2, 0) is 4.79 Å². The minimum Gasteiger partial charge on any atom is -0.508 e. The molecule has 0 saturated heterocycles. The van der Waals surface area contributed by atoms with Crippen LogP contribution < -0.4 is 10.7 Å². The molecule has 0 spiro atoms. The van der Waals surface area contributed by atoms with Gasteiger partial charge in [0.2, 0.25) is 5.91 Å². The highest BCUT2D eigenvalue weighted by Gasteiger charge is 2.20. The predicted molar refractivity (Wildman–Crippen MR) is 109 cm³/mol. The second-order valence-corrected chi connectivity index (χ2v) is 7.09. The maximum atomic E-state index is 12.3. The topological polar surface area (TPSA) is 90.8 Å². The van der Waals surface area contributed by atoms with Gasteiger partial charge in [-0.25, -0.2) is 5.43 Å². The molecule has 6 heteroatoms. The van der Waals surface area contributed by atoms with Gasteiger partial charge in [-0.1, -0.05) is 31.4 Å². The van der Waals surface area contributed by atoms with Crippen LogP contribution in [-0.4, -0.2) is 22.6 Å². The first-order valence-electron chi connectivity index (χ1n) is 9.58. The second-order valence-electron chi connectivity index (χ2n) is 7.09. The summed E-state index contributed by atoms with van der Waals surface area (Å²) in [6.07, 6.45) is 5.41. The smallest absolute Gasteiger partial charge is 0.271 e. The summed E-state index contributed by atoms with van der Waals surface area (Å²) >= 11 is 0. The highest BCUT2D eigenvalue weighted by Crippen LogP contribution is 2.25. The van der Waals surface area contributed by atoms with Crippen LogP contribution >= 0.6 is 0 Å². The average Bonchev–Trinajstić information content (AvgIpc) is 2.73. The lowest BCUT2D eigenvalue weighted by atomic mass is 9.88. The lowest BCUT2D eigenvalue weighted by Gasteiger charge is -2.20. The zero-order valence-corrected chi connectivity index (χ0v) is 15.9. The van der Waals surface area contributed by atoms with E-state index in [1.54, 1.807) is 6.92 Å². The van der Waals surface area contributed by atoms with Crippen molar-refractivity contribution in [2.24, 2.45) is 11.0 Å². The number of hydrazone groups is 1. The van der Waals surface area contributed by atoms with E-state index in [1.165, 1.54) is 30.7 Å². The molecule has 0 aromatic heterocycles. The number of anilines is 1. The van der Waals surface area contributed by atoms with Crippen molar-refractivity contribution >= 4 is 23.2 Å². The molecule has 0 atom stereocenters. The minimum absolute atomic E-state index is 0.0963. The third-order valence-electron chi connectivity index (χ3n) is 5.00. The molecule has 0 unspecified atom stereocenters. The minimum atomic E-state index is -0.351. The van der Waals surface area contributed by atoms with Crippen LogP contribution in [0, 0.1) is 5.92 Å². The molecule has 1 aliphatic rings. The van der Waals surface area contributed by atoms with Crippen molar-refractivity contribution in [3.8, 4) is 5.75 Å². The number of nitrogens with zero attached hydrogens (tertiary/aromatic N) is 1. The van der Waals surface area contributed by atoms with Crippen LogP contribution in [0.3, 0.4) is 0 Å². The van der Waals surface area contributed by atoms with Crippen molar-refractivity contribution in [2.75, 3.05) is 5.32 Å². The summed E-state index contributed by atoms with van der Waals surface area (Å²) in [5, 5.41) is 16.4. The molecule has 0 heterocycles. The molecule has 3 N–H and O–H groups in total. The number of carbonyl (C=O) groups is 2. The molecule has 1 aliphatic carbocycles. The monoisotopic (exact) mass is 379 g/mol. The van der Waals surface area contributed by atoms with Crippen LogP contribution in [0.2, 0.25) is 0 Å². The Labute approximate surface area is 164 Å². The van der Waals surface area contributed by atoms with Gasteiger partial charge in [0.15, 0.2) is 0 Å². The molecular formula is C22H25N3O3. The predicted octanol–water partition coefficient (Wildman–Crippen LogP) is 4.07. The van der Waals surface area contributed by atoms with Crippen LogP contribution in [0.15, 0.2) is 53.6 Å². The standard InChI is InChI=1S/C22H25N3O3/c1-15(24-25-22(28)18-9-13-20(26)14-10-18)16-7-11-19(12-8-16)23-21(27)17-5-3-2-4-6-17/h7-14,17,26H,2-6H2,1H3,(H,23,27)(H,25,28). The Hall–Kier alpha value is -3.15. The van der Waals surface area contributed by atoms with E-state index in [0.29, 0.717) is 11.3 Å². The molecule has 0 radical (unpaired) electrons. The molecule has 2 aromatic carbocycles. The summed E-state index contributed by atoms with van der Waals surface area (Å²) in [6, 6.07) is 13.4. The maximum Gasteiger partial charge on any atom is 0.271 e. The van der Waals surface area contributed by atoms with E-state index in [2.05, 4.69) is 15.8 Å². The Morgan fingerprint density at radius 3 is 2.18 bits per heavy atom. The molecule has 3 rings (SSSR count). The van der Waals surface area contributed by atoms with E-state index in [-0.39, 0.29) is 23.5 Å². The number of rotatable bonds is 5. The SMILES string of the molecule is CC(=NNC(=O)c1ccc(O)cc1)c1ccc(NC(=O)C2CCCCC2)cc1. The van der Waals surface area contributed by atoms with Gasteiger partial charge in [0.05, 0.1) is 5.71 Å². The first-order valence-corrected chi connectivity index (χ1v) is 9.58. The first-order chi connectivity index (χ1) is 13.5. The number of phenolic OH excluding ortho intramolecular Hbond substituents is 1. The van der Waals surface area contributed by atoms with Gasteiger partial charge in [-0.2, -0.15) is 5.10 Å². The molecule has 0 aliphatic heterocycles. The van der Waals surface area contributed by atoms with Gasteiger partial charge in [-0.15, -0.1) is 0 Å². The van der Waals surface area contributed by atoms with E-state index in [9.17, 15) is 14.7 Å². The Bertz CT molecular complexity index is 852. The molecular weight excluding hydrogens is 354 g/mol. The van der Waals surface area contributed by atoms with Gasteiger partial charge in [0.1, 0.15) is 5.75 Å². The van der Waals surface area contributed by atoms with Crippen molar-refractivity contribution < 1.29 is 14.7 Å².